The number of hydrogen-bond acceptors (Lipinski definition) is 12. The summed E-state index contributed by atoms with van der Waals surface area (Å²) in [6.07, 6.45) is 6.97. The van der Waals surface area contributed by atoms with Crippen LogP contribution in [0.3, 0.4) is 0 Å². The van der Waals surface area contributed by atoms with Gasteiger partial charge in [0.05, 0.1) is 24.5 Å². The van der Waals surface area contributed by atoms with Crippen molar-refractivity contribution < 1.29 is 27.2 Å². The Kier molecular flexibility index (Phi) is 16.2. The monoisotopic (exact) mass is 976 g/mol. The molecule has 4 aliphatic heterocycles. The average Bonchev–Trinajstić information content (AvgIpc) is 4.15. The number of hydrazone groups is 2. The van der Waals surface area contributed by atoms with Gasteiger partial charge in [0.2, 0.25) is 0 Å². The number of fused-ring (bicyclic) bond motifs is 2. The number of hydrogen-bond donors (Lipinski definition) is 1. The molecule has 348 valence electrons. The Labute approximate surface area is 399 Å². The maximum absolute atomic E-state index is 13.7. The zero-order valence-electron chi connectivity index (χ0n) is 35.2. The van der Waals surface area contributed by atoms with Crippen molar-refractivity contribution in [2.75, 3.05) is 57.3 Å². The lowest BCUT2D eigenvalue weighted by Crippen LogP contribution is -2.52. The highest BCUT2D eigenvalue weighted by molar-refractivity contribution is 7.59. The molecule has 4 amide bonds. The molecule has 2 atom stereocenters. The Hall–Kier alpha value is -6.99. The summed E-state index contributed by atoms with van der Waals surface area (Å²) in [6, 6.07) is 16.0. The first kappa shape index (κ1) is 49.4. The third-order valence-electron chi connectivity index (χ3n) is 10.8. The minimum atomic E-state index is -0.685. The molecular weight excluding hydrogens is 936 g/mol. The van der Waals surface area contributed by atoms with Crippen molar-refractivity contribution >= 4 is 80.2 Å². The number of anilines is 1. The lowest BCUT2D eigenvalue weighted by atomic mass is 10.0. The Morgan fingerprint density at radius 2 is 1.07 bits per heavy atom. The van der Waals surface area contributed by atoms with Gasteiger partial charge < -0.3 is 20.0 Å². The Morgan fingerprint density at radius 1 is 0.627 bits per heavy atom. The zero-order chi connectivity index (χ0) is 45.6. The van der Waals surface area contributed by atoms with E-state index in [4.69, 9.17) is 16.9 Å². The number of benzene rings is 2. The van der Waals surface area contributed by atoms with E-state index in [1.54, 1.807) is 40.4 Å². The van der Waals surface area contributed by atoms with Crippen LogP contribution in [0.2, 0.25) is 5.15 Å². The summed E-state index contributed by atoms with van der Waals surface area (Å²) in [5.41, 5.74) is 2.74. The summed E-state index contributed by atoms with van der Waals surface area (Å²) in [5.74, 6) is -1.98. The predicted octanol–water partition coefficient (Wildman–Crippen LogP) is 5.76. The van der Waals surface area contributed by atoms with Crippen LogP contribution in [0.25, 0.3) is 11.3 Å². The quantitative estimate of drug-likeness (QED) is 0.213. The third kappa shape index (κ3) is 11.2. The van der Waals surface area contributed by atoms with Crippen molar-refractivity contribution in [1.82, 2.24) is 54.3 Å². The largest absolute Gasteiger partial charge is 0.352 e. The van der Waals surface area contributed by atoms with Gasteiger partial charge in [-0.05, 0) is 59.7 Å². The van der Waals surface area contributed by atoms with E-state index in [0.29, 0.717) is 96.9 Å². The van der Waals surface area contributed by atoms with Crippen molar-refractivity contribution in [2.24, 2.45) is 10.2 Å². The van der Waals surface area contributed by atoms with E-state index in [0.717, 1.165) is 25.2 Å². The van der Waals surface area contributed by atoms with Crippen molar-refractivity contribution in [1.29, 1.82) is 10.5 Å². The van der Waals surface area contributed by atoms with Crippen molar-refractivity contribution in [2.45, 2.75) is 24.9 Å². The van der Waals surface area contributed by atoms with Gasteiger partial charge in [0.25, 0.3) is 0 Å². The summed E-state index contributed by atoms with van der Waals surface area (Å²) in [7, 11) is 0. The van der Waals surface area contributed by atoms with Crippen LogP contribution in [0.15, 0.2) is 83.3 Å². The number of carbonyl (C=O) groups is 2. The van der Waals surface area contributed by atoms with Gasteiger partial charge in [-0.3, -0.25) is 0 Å². The molecule has 8 heterocycles. The SMILES string of the molecule is N#Cc1cnc2ccc(Cl)nn12.N#Cc1cnc2ccc(N3CCN(C(=O)N4N=CC[C@H]4c4cc(F)cc(F)c4)CC3)nn12.O=C(N1CCNCC1)N1N=CC[C@H]1c1cc(F)cc(F)c1.S.S. The van der Waals surface area contributed by atoms with Gasteiger partial charge in [0.15, 0.2) is 22.7 Å². The van der Waals surface area contributed by atoms with Crippen LogP contribution in [0.4, 0.5) is 33.0 Å². The second-order valence-electron chi connectivity index (χ2n) is 14.9. The molecule has 4 aromatic heterocycles. The predicted molar refractivity (Wildman–Crippen MR) is 248 cm³/mol. The molecule has 0 saturated carbocycles. The first-order valence-corrected chi connectivity index (χ1v) is 20.6. The highest BCUT2D eigenvalue weighted by Crippen LogP contribution is 2.32. The summed E-state index contributed by atoms with van der Waals surface area (Å²) < 4.78 is 56.9. The highest BCUT2D eigenvalue weighted by Gasteiger charge is 2.35. The second-order valence-corrected chi connectivity index (χ2v) is 15.3. The molecule has 4 aliphatic rings. The van der Waals surface area contributed by atoms with E-state index in [1.807, 2.05) is 17.0 Å². The topological polar surface area (TPSA) is 195 Å². The number of nitrogens with one attached hydrogen (secondary N) is 1. The second kappa shape index (κ2) is 22.0. The number of piperazine rings is 2. The third-order valence-corrected chi connectivity index (χ3v) is 11.0. The Balaban J connectivity index is 0.000000182. The van der Waals surface area contributed by atoms with Crippen LogP contribution in [-0.2, 0) is 0 Å². The van der Waals surface area contributed by atoms with Gasteiger partial charge in [-0.15, -0.1) is 5.10 Å². The normalized spacial score (nSPS) is 17.4. The Bertz CT molecular complexity index is 2850. The maximum Gasteiger partial charge on any atom is 0.341 e. The molecule has 1 N–H and O–H groups in total. The van der Waals surface area contributed by atoms with Crippen molar-refractivity contribution in [3.8, 4) is 12.1 Å². The fourth-order valence-electron chi connectivity index (χ4n) is 7.59. The molecule has 2 fully saturated rings. The molecule has 18 nitrogen and oxygen atoms in total. The standard InChI is InChI=1S/C21H18F2N8O.C14H16F2N4O.C7H3ClN4.2H2S/c22-15-9-14(10-16(23)11-15)18-3-4-26-31(18)21(32)29-7-5-28(6-8-29)20-2-1-19-25-13-17(12-24)30(19)27-20;15-11-7-10(8-12(16)9-11)13-1-2-18-20(13)14(21)19-5-3-17-4-6-19;8-6-1-2-7-10-4-5(3-9)12(7)11-6;;/h1-2,4,9-11,13,18H,3,5-8H2;2,7-9,13,17H,1,3-6H2;1-2,4H;2*1H2/t18-;13-;;;/m00.../s1. The average molecular weight is 977 g/mol. The van der Waals surface area contributed by atoms with E-state index < -0.39 is 35.4 Å². The number of nitriles is 2. The molecule has 67 heavy (non-hydrogen) atoms. The van der Waals surface area contributed by atoms with Gasteiger partial charge in [0.1, 0.15) is 46.4 Å². The summed E-state index contributed by atoms with van der Waals surface area (Å²) in [4.78, 5) is 39.0. The molecule has 0 radical (unpaired) electrons. The summed E-state index contributed by atoms with van der Waals surface area (Å²) in [5, 5.41) is 40.6. The van der Waals surface area contributed by atoms with Crippen LogP contribution in [0.1, 0.15) is 47.4 Å². The summed E-state index contributed by atoms with van der Waals surface area (Å²) >= 11 is 5.64. The number of imidazole rings is 2. The molecule has 0 spiro atoms. The van der Waals surface area contributed by atoms with Gasteiger partial charge >= 0.3 is 12.1 Å². The number of urea groups is 2. The first-order valence-electron chi connectivity index (χ1n) is 20.2. The van der Waals surface area contributed by atoms with E-state index in [1.165, 1.54) is 55.7 Å². The number of halogens is 5. The van der Waals surface area contributed by atoms with E-state index in [2.05, 4.69) is 41.8 Å². The van der Waals surface area contributed by atoms with E-state index in [-0.39, 0.29) is 39.1 Å². The fourth-order valence-corrected chi connectivity index (χ4v) is 7.73. The van der Waals surface area contributed by atoms with Crippen LogP contribution >= 0.6 is 38.6 Å². The number of aromatic nitrogens is 6. The lowest BCUT2D eigenvalue weighted by molar-refractivity contribution is 0.136. The molecule has 6 aromatic rings. The zero-order valence-corrected chi connectivity index (χ0v) is 38.0. The Morgan fingerprint density at radius 3 is 1.55 bits per heavy atom. The lowest BCUT2D eigenvalue weighted by Gasteiger charge is -2.37. The number of rotatable bonds is 3. The van der Waals surface area contributed by atoms with Gasteiger partial charge in [0, 0.05) is 89.8 Å². The van der Waals surface area contributed by atoms with Crippen LogP contribution in [0, 0.1) is 45.9 Å². The molecule has 10 rings (SSSR count). The molecule has 0 bridgehead atoms. The minimum absolute atomic E-state index is 0. The fraction of sp³-hybridized carbons (Fsp3) is 0.286. The highest BCUT2D eigenvalue weighted by atomic mass is 35.5. The molecule has 0 aliphatic carbocycles. The van der Waals surface area contributed by atoms with E-state index >= 15 is 0 Å². The first-order chi connectivity index (χ1) is 31.5. The molecule has 0 unspecified atom stereocenters. The molecular formula is C42H41ClF4N16O2S2. The van der Waals surface area contributed by atoms with Crippen LogP contribution < -0.4 is 10.2 Å². The van der Waals surface area contributed by atoms with Crippen molar-refractivity contribution in [3.63, 3.8) is 0 Å². The van der Waals surface area contributed by atoms with E-state index in [9.17, 15) is 32.4 Å². The van der Waals surface area contributed by atoms with Gasteiger partial charge in [-0.25, -0.2) is 56.2 Å². The number of nitrogens with zero attached hydrogens (tertiary/aromatic N) is 15. The van der Waals surface area contributed by atoms with Crippen molar-refractivity contribution in [3.05, 3.63) is 124 Å². The molecule has 25 heteroatoms. The molecule has 2 aromatic carbocycles. The number of carbonyl (C=O) groups excluding carboxylic acids is 2. The van der Waals surface area contributed by atoms with Gasteiger partial charge in [-0.1, -0.05) is 11.6 Å². The van der Waals surface area contributed by atoms with Crippen LogP contribution in [0.5, 0.6) is 0 Å². The maximum atomic E-state index is 13.7. The van der Waals surface area contributed by atoms with Gasteiger partial charge in [-0.2, -0.15) is 52.8 Å². The smallest absolute Gasteiger partial charge is 0.341 e. The summed E-state index contributed by atoms with van der Waals surface area (Å²) in [6.45, 7) is 4.64. The minimum Gasteiger partial charge on any atom is -0.352 e. The number of amides is 4. The van der Waals surface area contributed by atoms with Crippen LogP contribution in [-0.4, -0.2) is 126 Å². The molecule has 2 saturated heterocycles.